The zero-order chi connectivity index (χ0) is 14.8. The minimum atomic E-state index is -0.103. The normalized spacial score (nSPS) is 23.0. The van der Waals surface area contributed by atoms with E-state index in [1.54, 1.807) is 6.07 Å². The van der Waals surface area contributed by atoms with Gasteiger partial charge in [0.1, 0.15) is 17.5 Å². The number of rotatable bonds is 4. The number of nitrogens with one attached hydrogen (secondary N) is 1. The Morgan fingerprint density at radius 3 is 2.80 bits per heavy atom. The number of nitrogen functional groups attached to an aromatic ring is 1. The summed E-state index contributed by atoms with van der Waals surface area (Å²) in [5.41, 5.74) is 5.77. The molecule has 2 atom stereocenters. The van der Waals surface area contributed by atoms with Crippen molar-refractivity contribution >= 4 is 11.6 Å². The predicted octanol–water partition coefficient (Wildman–Crippen LogP) is 2.58. The second-order valence-electron chi connectivity index (χ2n) is 6.50. The van der Waals surface area contributed by atoms with Gasteiger partial charge in [-0.2, -0.15) is 0 Å². The van der Waals surface area contributed by atoms with Crippen LogP contribution in [0.1, 0.15) is 46.4 Å². The van der Waals surface area contributed by atoms with Gasteiger partial charge in [-0.25, -0.2) is 9.97 Å². The first-order valence-corrected chi connectivity index (χ1v) is 7.40. The average Bonchev–Trinajstić information content (AvgIpc) is 2.82. The third-order valence-electron chi connectivity index (χ3n) is 3.71. The molecule has 1 aliphatic rings. The molecule has 2 unspecified atom stereocenters. The fourth-order valence-corrected chi connectivity index (χ4v) is 2.51. The number of aromatic nitrogens is 2. The summed E-state index contributed by atoms with van der Waals surface area (Å²) in [6, 6.07) is 1.80. The summed E-state index contributed by atoms with van der Waals surface area (Å²) >= 11 is 0. The Balaban J connectivity index is 2.04. The molecular formula is C15H26N4O. The molecule has 1 aromatic rings. The fraction of sp³-hybridized carbons (Fsp3) is 0.733. The van der Waals surface area contributed by atoms with E-state index in [1.165, 1.54) is 0 Å². The van der Waals surface area contributed by atoms with Crippen LogP contribution in [-0.4, -0.2) is 29.2 Å². The van der Waals surface area contributed by atoms with Crippen molar-refractivity contribution in [2.24, 2.45) is 5.92 Å². The van der Waals surface area contributed by atoms with E-state index in [2.05, 4.69) is 43.0 Å². The molecule has 5 heteroatoms. The van der Waals surface area contributed by atoms with Gasteiger partial charge in [-0.15, -0.1) is 0 Å². The molecule has 0 amide bonds. The predicted molar refractivity (Wildman–Crippen MR) is 81.8 cm³/mol. The maximum atomic E-state index is 5.88. The molecule has 0 bridgehead atoms. The van der Waals surface area contributed by atoms with E-state index in [0.717, 1.165) is 37.6 Å². The minimum absolute atomic E-state index is 0.103. The lowest BCUT2D eigenvalue weighted by Crippen LogP contribution is -2.24. The number of nitrogens with two attached hydrogens (primary N) is 1. The number of hydrogen-bond acceptors (Lipinski definition) is 5. The van der Waals surface area contributed by atoms with Crippen LogP contribution in [-0.2, 0) is 10.2 Å². The molecular weight excluding hydrogens is 252 g/mol. The molecule has 1 saturated heterocycles. The third-order valence-corrected chi connectivity index (χ3v) is 3.71. The highest BCUT2D eigenvalue weighted by Crippen LogP contribution is 2.25. The molecule has 0 aromatic carbocycles. The highest BCUT2D eigenvalue weighted by atomic mass is 16.5. The summed E-state index contributed by atoms with van der Waals surface area (Å²) in [7, 11) is 0. The molecule has 1 aliphatic heterocycles. The van der Waals surface area contributed by atoms with Gasteiger partial charge < -0.3 is 15.8 Å². The molecule has 0 aliphatic carbocycles. The van der Waals surface area contributed by atoms with Crippen molar-refractivity contribution in [3.8, 4) is 0 Å². The van der Waals surface area contributed by atoms with Crippen molar-refractivity contribution in [3.63, 3.8) is 0 Å². The smallest absolute Gasteiger partial charge is 0.138 e. The van der Waals surface area contributed by atoms with E-state index in [-0.39, 0.29) is 5.41 Å². The summed E-state index contributed by atoms with van der Waals surface area (Å²) in [4.78, 5) is 8.89. The van der Waals surface area contributed by atoms with Crippen LogP contribution in [0.2, 0.25) is 0 Å². The van der Waals surface area contributed by atoms with E-state index in [9.17, 15) is 0 Å². The zero-order valence-corrected chi connectivity index (χ0v) is 12.9. The first kappa shape index (κ1) is 15.0. The maximum absolute atomic E-state index is 5.88. The average molecular weight is 278 g/mol. The largest absolute Gasteiger partial charge is 0.384 e. The molecule has 0 saturated carbocycles. The Kier molecular flexibility index (Phi) is 4.48. The second-order valence-corrected chi connectivity index (χ2v) is 6.50. The quantitative estimate of drug-likeness (QED) is 0.885. The van der Waals surface area contributed by atoms with Crippen LogP contribution in [0.5, 0.6) is 0 Å². The second kappa shape index (κ2) is 5.95. The van der Waals surface area contributed by atoms with Crippen molar-refractivity contribution in [3.05, 3.63) is 11.9 Å². The van der Waals surface area contributed by atoms with Gasteiger partial charge in [0, 0.05) is 30.6 Å². The SMILES string of the molecule is CCC1OCCC1CNc1cc(N)nc(C(C)(C)C)n1. The van der Waals surface area contributed by atoms with Gasteiger partial charge in [-0.1, -0.05) is 27.7 Å². The van der Waals surface area contributed by atoms with Gasteiger partial charge in [-0.3, -0.25) is 0 Å². The van der Waals surface area contributed by atoms with Crippen LogP contribution in [0, 0.1) is 5.92 Å². The van der Waals surface area contributed by atoms with Crippen molar-refractivity contribution in [1.82, 2.24) is 9.97 Å². The van der Waals surface area contributed by atoms with Gasteiger partial charge in [0.05, 0.1) is 6.10 Å². The van der Waals surface area contributed by atoms with Crippen molar-refractivity contribution in [2.75, 3.05) is 24.2 Å². The number of anilines is 2. The van der Waals surface area contributed by atoms with Gasteiger partial charge in [0.15, 0.2) is 0 Å². The number of ether oxygens (including phenoxy) is 1. The van der Waals surface area contributed by atoms with Crippen LogP contribution in [0.15, 0.2) is 6.07 Å². The molecule has 2 rings (SSSR count). The molecule has 20 heavy (non-hydrogen) atoms. The van der Waals surface area contributed by atoms with Crippen molar-refractivity contribution in [2.45, 2.75) is 52.1 Å². The summed E-state index contributed by atoms with van der Waals surface area (Å²) in [5.74, 6) is 2.65. The van der Waals surface area contributed by atoms with Crippen LogP contribution < -0.4 is 11.1 Å². The van der Waals surface area contributed by atoms with Crippen molar-refractivity contribution in [1.29, 1.82) is 0 Å². The molecule has 0 radical (unpaired) electrons. The lowest BCUT2D eigenvalue weighted by atomic mass is 9.96. The lowest BCUT2D eigenvalue weighted by molar-refractivity contribution is 0.0900. The fourth-order valence-electron chi connectivity index (χ4n) is 2.51. The topological polar surface area (TPSA) is 73.1 Å². The number of hydrogen-bond donors (Lipinski definition) is 2. The molecule has 5 nitrogen and oxygen atoms in total. The summed E-state index contributed by atoms with van der Waals surface area (Å²) < 4.78 is 5.71. The van der Waals surface area contributed by atoms with E-state index < -0.39 is 0 Å². The monoisotopic (exact) mass is 278 g/mol. The van der Waals surface area contributed by atoms with E-state index in [0.29, 0.717) is 17.8 Å². The molecule has 112 valence electrons. The molecule has 1 aromatic heterocycles. The summed E-state index contributed by atoms with van der Waals surface area (Å²) in [5, 5.41) is 3.39. The lowest BCUT2D eigenvalue weighted by Gasteiger charge is -2.20. The van der Waals surface area contributed by atoms with E-state index in [1.807, 2.05) is 0 Å². The third kappa shape index (κ3) is 3.60. The Morgan fingerprint density at radius 2 is 2.15 bits per heavy atom. The van der Waals surface area contributed by atoms with Gasteiger partial charge in [-0.05, 0) is 12.8 Å². The molecule has 2 heterocycles. The Labute approximate surface area is 121 Å². The Hall–Kier alpha value is -1.36. The van der Waals surface area contributed by atoms with Crippen molar-refractivity contribution < 1.29 is 4.74 Å². The van der Waals surface area contributed by atoms with Gasteiger partial charge in [0.2, 0.25) is 0 Å². The standard InChI is InChI=1S/C15H26N4O/c1-5-11-10(6-7-20-11)9-17-13-8-12(16)18-14(19-13)15(2,3)4/h8,10-11H,5-7,9H2,1-4H3,(H3,16,17,18,19). The minimum Gasteiger partial charge on any atom is -0.384 e. The van der Waals surface area contributed by atoms with E-state index in [4.69, 9.17) is 10.5 Å². The van der Waals surface area contributed by atoms with Gasteiger partial charge in [0.25, 0.3) is 0 Å². The van der Waals surface area contributed by atoms with Crippen LogP contribution in [0.25, 0.3) is 0 Å². The molecule has 3 N–H and O–H groups in total. The van der Waals surface area contributed by atoms with Crippen LogP contribution in [0.3, 0.4) is 0 Å². The highest BCUT2D eigenvalue weighted by Gasteiger charge is 2.26. The molecule has 1 fully saturated rings. The molecule has 0 spiro atoms. The first-order valence-electron chi connectivity index (χ1n) is 7.40. The maximum Gasteiger partial charge on any atom is 0.138 e. The Bertz CT molecular complexity index is 456. The van der Waals surface area contributed by atoms with Gasteiger partial charge >= 0.3 is 0 Å². The Morgan fingerprint density at radius 1 is 1.40 bits per heavy atom. The van der Waals surface area contributed by atoms with Crippen LogP contribution in [0.4, 0.5) is 11.6 Å². The first-order chi connectivity index (χ1) is 9.40. The zero-order valence-electron chi connectivity index (χ0n) is 12.9. The summed E-state index contributed by atoms with van der Waals surface area (Å²) in [6.07, 6.45) is 2.53. The number of nitrogens with zero attached hydrogens (tertiary/aromatic N) is 2. The van der Waals surface area contributed by atoms with Crippen LogP contribution >= 0.6 is 0 Å². The summed E-state index contributed by atoms with van der Waals surface area (Å²) in [6.45, 7) is 10.2. The van der Waals surface area contributed by atoms with E-state index >= 15 is 0 Å². The highest BCUT2D eigenvalue weighted by molar-refractivity contribution is 5.45.